The van der Waals surface area contributed by atoms with Crippen LogP contribution in [0.15, 0.2) is 24.3 Å². The Kier molecular flexibility index (Phi) is 5.12. The molecule has 1 aromatic carbocycles. The van der Waals surface area contributed by atoms with Crippen molar-refractivity contribution in [2.75, 3.05) is 19.8 Å². The molecular weight excluding hydrogens is 257 g/mol. The molecule has 2 atom stereocenters. The molecule has 1 fully saturated rings. The third-order valence-corrected chi connectivity index (χ3v) is 3.88. The standard InChI is InChI=1S/C16H22FNO2/c1-3-20-10-8-15(19)18-9-7-12(2)16(18)13-5-4-6-14(17)11-13/h4-6,11-12,16H,3,7-10H2,1-2H3/t12-,16-/m0/s1. The number of rotatable bonds is 5. The highest BCUT2D eigenvalue weighted by atomic mass is 19.1. The molecule has 1 saturated heterocycles. The number of nitrogens with zero attached hydrogens (tertiary/aromatic N) is 1. The van der Waals surface area contributed by atoms with Crippen molar-refractivity contribution in [1.29, 1.82) is 0 Å². The molecule has 1 amide bonds. The third kappa shape index (κ3) is 3.37. The van der Waals surface area contributed by atoms with E-state index in [2.05, 4.69) is 6.92 Å². The van der Waals surface area contributed by atoms with Crippen molar-refractivity contribution in [2.24, 2.45) is 5.92 Å². The lowest BCUT2D eigenvalue weighted by Gasteiger charge is -2.27. The molecule has 3 nitrogen and oxygen atoms in total. The molecule has 0 aliphatic carbocycles. The van der Waals surface area contributed by atoms with Crippen LogP contribution in [0.2, 0.25) is 0 Å². The van der Waals surface area contributed by atoms with Gasteiger partial charge in [0.05, 0.1) is 19.1 Å². The van der Waals surface area contributed by atoms with E-state index >= 15 is 0 Å². The largest absolute Gasteiger partial charge is 0.381 e. The lowest BCUT2D eigenvalue weighted by molar-refractivity contribution is -0.133. The van der Waals surface area contributed by atoms with Gasteiger partial charge in [0.2, 0.25) is 5.91 Å². The number of hydrogen-bond acceptors (Lipinski definition) is 2. The van der Waals surface area contributed by atoms with E-state index in [1.165, 1.54) is 12.1 Å². The van der Waals surface area contributed by atoms with Crippen molar-refractivity contribution >= 4 is 5.91 Å². The molecule has 1 aromatic rings. The van der Waals surface area contributed by atoms with Gasteiger partial charge in [0.25, 0.3) is 0 Å². The molecule has 2 rings (SSSR count). The van der Waals surface area contributed by atoms with Gasteiger partial charge in [-0.3, -0.25) is 4.79 Å². The smallest absolute Gasteiger partial charge is 0.225 e. The molecule has 1 aliphatic heterocycles. The van der Waals surface area contributed by atoms with Crippen LogP contribution in [0.3, 0.4) is 0 Å². The van der Waals surface area contributed by atoms with E-state index in [1.807, 2.05) is 17.9 Å². The molecule has 0 aromatic heterocycles. The minimum atomic E-state index is -0.247. The van der Waals surface area contributed by atoms with Gasteiger partial charge in [-0.2, -0.15) is 0 Å². The van der Waals surface area contributed by atoms with Crippen LogP contribution in [0.4, 0.5) is 4.39 Å². The van der Waals surface area contributed by atoms with Gasteiger partial charge in [0.15, 0.2) is 0 Å². The lowest BCUT2D eigenvalue weighted by atomic mass is 9.95. The molecule has 4 heteroatoms. The SMILES string of the molecule is CCOCCC(=O)N1CC[C@H](C)[C@H]1c1cccc(F)c1. The minimum absolute atomic E-state index is 0.0140. The summed E-state index contributed by atoms with van der Waals surface area (Å²) in [5.41, 5.74) is 0.889. The first-order valence-corrected chi connectivity index (χ1v) is 7.26. The van der Waals surface area contributed by atoms with E-state index in [-0.39, 0.29) is 17.8 Å². The topological polar surface area (TPSA) is 29.5 Å². The Hall–Kier alpha value is -1.42. The van der Waals surface area contributed by atoms with Gasteiger partial charge in [0.1, 0.15) is 5.82 Å². The summed E-state index contributed by atoms with van der Waals surface area (Å²) < 4.78 is 18.6. The van der Waals surface area contributed by atoms with Gasteiger partial charge < -0.3 is 9.64 Å². The first-order valence-electron chi connectivity index (χ1n) is 7.26. The van der Waals surface area contributed by atoms with Gasteiger partial charge in [-0.05, 0) is 37.0 Å². The Bertz CT molecular complexity index is 464. The Morgan fingerprint density at radius 1 is 1.50 bits per heavy atom. The van der Waals surface area contributed by atoms with Gasteiger partial charge in [-0.1, -0.05) is 19.1 Å². The van der Waals surface area contributed by atoms with Crippen LogP contribution in [0, 0.1) is 11.7 Å². The second kappa shape index (κ2) is 6.84. The molecule has 20 heavy (non-hydrogen) atoms. The maximum Gasteiger partial charge on any atom is 0.225 e. The quantitative estimate of drug-likeness (QED) is 0.775. The predicted octanol–water partition coefficient (Wildman–Crippen LogP) is 3.16. The molecular formula is C16H22FNO2. The molecule has 0 spiro atoms. The van der Waals surface area contributed by atoms with Crippen LogP contribution < -0.4 is 0 Å². The van der Waals surface area contributed by atoms with E-state index < -0.39 is 0 Å². The Morgan fingerprint density at radius 3 is 3.00 bits per heavy atom. The molecule has 0 radical (unpaired) electrons. The van der Waals surface area contributed by atoms with Gasteiger partial charge in [-0.15, -0.1) is 0 Å². The van der Waals surface area contributed by atoms with Crippen molar-refractivity contribution in [2.45, 2.75) is 32.7 Å². The number of likely N-dealkylation sites (tertiary alicyclic amines) is 1. The summed E-state index contributed by atoms with van der Waals surface area (Å²) in [7, 11) is 0. The minimum Gasteiger partial charge on any atom is -0.381 e. The van der Waals surface area contributed by atoms with Crippen molar-refractivity contribution in [3.05, 3.63) is 35.6 Å². The summed E-state index contributed by atoms with van der Waals surface area (Å²) in [5.74, 6) is 0.202. The Morgan fingerprint density at radius 2 is 2.30 bits per heavy atom. The van der Waals surface area contributed by atoms with Crippen molar-refractivity contribution < 1.29 is 13.9 Å². The monoisotopic (exact) mass is 279 g/mol. The van der Waals surface area contributed by atoms with Crippen LogP contribution in [-0.2, 0) is 9.53 Å². The Balaban J connectivity index is 2.10. The Labute approximate surface area is 119 Å². The number of benzene rings is 1. The average molecular weight is 279 g/mol. The second-order valence-corrected chi connectivity index (χ2v) is 5.30. The van der Waals surface area contributed by atoms with Gasteiger partial charge >= 0.3 is 0 Å². The first-order chi connectivity index (χ1) is 9.63. The van der Waals surface area contributed by atoms with Crippen molar-refractivity contribution in [1.82, 2.24) is 4.90 Å². The van der Waals surface area contributed by atoms with Crippen LogP contribution >= 0.6 is 0 Å². The average Bonchev–Trinajstić information content (AvgIpc) is 2.81. The molecule has 0 saturated carbocycles. The molecule has 110 valence electrons. The summed E-state index contributed by atoms with van der Waals surface area (Å²) in [5, 5.41) is 0. The highest BCUT2D eigenvalue weighted by molar-refractivity contribution is 5.77. The van der Waals surface area contributed by atoms with Crippen molar-refractivity contribution in [3.8, 4) is 0 Å². The highest BCUT2D eigenvalue weighted by Gasteiger charge is 2.35. The fourth-order valence-electron chi connectivity index (χ4n) is 2.87. The molecule has 0 unspecified atom stereocenters. The first kappa shape index (κ1) is 15.0. The third-order valence-electron chi connectivity index (χ3n) is 3.88. The summed E-state index contributed by atoms with van der Waals surface area (Å²) in [6, 6.07) is 6.57. The number of ether oxygens (including phenoxy) is 1. The maximum atomic E-state index is 13.4. The fraction of sp³-hybridized carbons (Fsp3) is 0.562. The molecule has 0 bridgehead atoms. The van der Waals surface area contributed by atoms with Crippen LogP contribution in [0.25, 0.3) is 0 Å². The molecule has 0 N–H and O–H groups in total. The number of carbonyl (C=O) groups excluding carboxylic acids is 1. The van der Waals surface area contributed by atoms with Gasteiger partial charge in [0, 0.05) is 13.2 Å². The summed E-state index contributed by atoms with van der Waals surface area (Å²) in [6.07, 6.45) is 1.36. The molecule has 1 heterocycles. The van der Waals surface area contributed by atoms with E-state index in [9.17, 15) is 9.18 Å². The lowest BCUT2D eigenvalue weighted by Crippen LogP contribution is -2.32. The van der Waals surface area contributed by atoms with E-state index in [0.717, 1.165) is 18.5 Å². The zero-order valence-corrected chi connectivity index (χ0v) is 12.1. The number of carbonyl (C=O) groups is 1. The maximum absolute atomic E-state index is 13.4. The van der Waals surface area contributed by atoms with Crippen molar-refractivity contribution in [3.63, 3.8) is 0 Å². The summed E-state index contributed by atoms with van der Waals surface area (Å²) >= 11 is 0. The normalized spacial score (nSPS) is 22.2. The van der Waals surface area contributed by atoms with E-state index in [4.69, 9.17) is 4.74 Å². The van der Waals surface area contributed by atoms with E-state index in [1.54, 1.807) is 6.07 Å². The zero-order chi connectivity index (χ0) is 14.5. The molecule has 1 aliphatic rings. The zero-order valence-electron chi connectivity index (χ0n) is 12.1. The number of hydrogen-bond donors (Lipinski definition) is 0. The van der Waals surface area contributed by atoms with E-state index in [0.29, 0.717) is 25.6 Å². The second-order valence-electron chi connectivity index (χ2n) is 5.30. The van der Waals surface area contributed by atoms with Crippen LogP contribution in [0.5, 0.6) is 0 Å². The van der Waals surface area contributed by atoms with Crippen LogP contribution in [-0.4, -0.2) is 30.6 Å². The highest BCUT2D eigenvalue weighted by Crippen LogP contribution is 2.37. The fourth-order valence-corrected chi connectivity index (χ4v) is 2.87. The summed E-state index contributed by atoms with van der Waals surface area (Å²) in [4.78, 5) is 14.2. The van der Waals surface area contributed by atoms with Gasteiger partial charge in [-0.25, -0.2) is 4.39 Å². The number of amides is 1. The summed E-state index contributed by atoms with van der Waals surface area (Å²) in [6.45, 7) is 5.85. The van der Waals surface area contributed by atoms with Crippen LogP contribution in [0.1, 0.15) is 38.3 Å². The number of halogens is 1. The predicted molar refractivity (Wildman–Crippen MR) is 75.7 cm³/mol.